The highest BCUT2D eigenvalue weighted by Crippen LogP contribution is 2.38. The van der Waals surface area contributed by atoms with Gasteiger partial charge in [-0.2, -0.15) is 4.98 Å². The van der Waals surface area contributed by atoms with Crippen LogP contribution in [0.1, 0.15) is 30.3 Å². The van der Waals surface area contributed by atoms with Crippen molar-refractivity contribution in [1.82, 2.24) is 15.0 Å². The smallest absolute Gasteiger partial charge is 0.241 e. The molecular weight excluding hydrogens is 378 g/mol. The summed E-state index contributed by atoms with van der Waals surface area (Å²) in [6, 6.07) is 14.0. The lowest BCUT2D eigenvalue weighted by atomic mass is 10.0. The van der Waals surface area contributed by atoms with Crippen LogP contribution in [0, 0.1) is 0 Å². The molecule has 7 heteroatoms. The van der Waals surface area contributed by atoms with Crippen LogP contribution in [0.4, 0.5) is 0 Å². The lowest BCUT2D eigenvalue weighted by Crippen LogP contribution is -2.23. The quantitative estimate of drug-likeness (QED) is 0.646. The maximum Gasteiger partial charge on any atom is 0.241 e. The molecule has 2 aliphatic heterocycles. The Bertz CT molecular complexity index is 973. The van der Waals surface area contributed by atoms with Crippen molar-refractivity contribution in [2.75, 3.05) is 19.8 Å². The van der Waals surface area contributed by atoms with E-state index in [0.717, 1.165) is 36.4 Å². The molecule has 0 amide bonds. The molecule has 2 aliphatic rings. The predicted octanol–water partition coefficient (Wildman–Crippen LogP) is 4.50. The molecule has 0 unspecified atom stereocenters. The Kier molecular flexibility index (Phi) is 4.66. The normalized spacial score (nSPS) is 19.1. The average Bonchev–Trinajstić information content (AvgIpc) is 3.38. The fourth-order valence-electron chi connectivity index (χ4n) is 3.87. The summed E-state index contributed by atoms with van der Waals surface area (Å²) in [7, 11) is 0. The van der Waals surface area contributed by atoms with E-state index in [1.165, 1.54) is 5.56 Å². The summed E-state index contributed by atoms with van der Waals surface area (Å²) in [4.78, 5) is 6.94. The van der Waals surface area contributed by atoms with Crippen LogP contribution in [0.3, 0.4) is 0 Å². The van der Waals surface area contributed by atoms with E-state index in [-0.39, 0.29) is 0 Å². The monoisotopic (exact) mass is 397 g/mol. The van der Waals surface area contributed by atoms with Crippen LogP contribution in [0.25, 0.3) is 11.4 Å². The van der Waals surface area contributed by atoms with Crippen molar-refractivity contribution in [2.45, 2.75) is 25.4 Å². The summed E-state index contributed by atoms with van der Waals surface area (Å²) in [6.07, 6.45) is 2.23. The predicted molar refractivity (Wildman–Crippen MR) is 105 cm³/mol. The minimum atomic E-state index is 0.307. The third kappa shape index (κ3) is 3.45. The van der Waals surface area contributed by atoms with E-state index < -0.39 is 0 Å². The summed E-state index contributed by atoms with van der Waals surface area (Å²) in [6.45, 7) is 2.83. The van der Waals surface area contributed by atoms with Gasteiger partial charge in [-0.15, -0.1) is 0 Å². The maximum atomic E-state index is 5.95. The highest BCUT2D eigenvalue weighted by atomic mass is 35.5. The van der Waals surface area contributed by atoms with Gasteiger partial charge < -0.3 is 14.0 Å². The first kappa shape index (κ1) is 17.5. The molecule has 0 radical (unpaired) electrons. The molecule has 0 aliphatic carbocycles. The van der Waals surface area contributed by atoms with Gasteiger partial charge in [0.05, 0.1) is 6.54 Å². The fraction of sp³-hybridized carbons (Fsp3) is 0.333. The molecule has 1 atom stereocenters. The molecule has 2 aromatic carbocycles. The fourth-order valence-corrected chi connectivity index (χ4v) is 4.00. The van der Waals surface area contributed by atoms with Crippen molar-refractivity contribution in [3.63, 3.8) is 0 Å². The molecule has 6 nitrogen and oxygen atoms in total. The summed E-state index contributed by atoms with van der Waals surface area (Å²) >= 11 is 5.95. The zero-order valence-corrected chi connectivity index (χ0v) is 16.1. The highest BCUT2D eigenvalue weighted by molar-refractivity contribution is 6.30. The number of hydrogen-bond acceptors (Lipinski definition) is 6. The molecular formula is C21H20ClN3O3. The van der Waals surface area contributed by atoms with Crippen LogP contribution in [-0.2, 0) is 6.54 Å². The minimum Gasteiger partial charge on any atom is -0.486 e. The van der Waals surface area contributed by atoms with E-state index in [0.29, 0.717) is 42.5 Å². The SMILES string of the molecule is Clc1ccc(-c2noc(CN3CCC[C@@H]3c3ccc4c(c3)OCCO4)n2)cc1. The van der Waals surface area contributed by atoms with Crippen molar-refractivity contribution in [3.05, 3.63) is 58.9 Å². The molecule has 144 valence electrons. The van der Waals surface area contributed by atoms with Gasteiger partial charge in [0.25, 0.3) is 0 Å². The van der Waals surface area contributed by atoms with E-state index in [9.17, 15) is 0 Å². The number of halogens is 1. The lowest BCUT2D eigenvalue weighted by Gasteiger charge is -2.25. The van der Waals surface area contributed by atoms with Crippen LogP contribution in [0.15, 0.2) is 47.0 Å². The second-order valence-corrected chi connectivity index (χ2v) is 7.49. The van der Waals surface area contributed by atoms with Gasteiger partial charge in [-0.1, -0.05) is 22.8 Å². The van der Waals surface area contributed by atoms with Crippen molar-refractivity contribution >= 4 is 11.6 Å². The van der Waals surface area contributed by atoms with Crippen molar-refractivity contribution < 1.29 is 14.0 Å². The molecule has 1 saturated heterocycles. The molecule has 28 heavy (non-hydrogen) atoms. The molecule has 0 saturated carbocycles. The summed E-state index contributed by atoms with van der Waals surface area (Å²) in [5, 5.41) is 4.81. The first-order chi connectivity index (χ1) is 13.8. The Labute approximate surface area is 168 Å². The Hall–Kier alpha value is -2.57. The van der Waals surface area contributed by atoms with E-state index in [1.807, 2.05) is 30.3 Å². The standard InChI is InChI=1S/C21H20ClN3O3/c22-16-6-3-14(4-7-16)21-23-20(28-24-21)13-25-9-1-2-17(25)15-5-8-18-19(12-15)27-11-10-26-18/h3-8,12,17H,1-2,9-11,13H2/t17-/m1/s1. The third-order valence-electron chi connectivity index (χ3n) is 5.22. The Morgan fingerprint density at radius 3 is 2.71 bits per heavy atom. The summed E-state index contributed by atoms with van der Waals surface area (Å²) in [5.74, 6) is 2.86. The van der Waals surface area contributed by atoms with Gasteiger partial charge in [-0.05, 0) is 61.3 Å². The lowest BCUT2D eigenvalue weighted by molar-refractivity contribution is 0.170. The van der Waals surface area contributed by atoms with Gasteiger partial charge in [0.15, 0.2) is 11.5 Å². The Morgan fingerprint density at radius 2 is 1.86 bits per heavy atom. The van der Waals surface area contributed by atoms with Crippen molar-refractivity contribution in [2.24, 2.45) is 0 Å². The number of ether oxygens (including phenoxy) is 2. The number of likely N-dealkylation sites (tertiary alicyclic amines) is 1. The average molecular weight is 398 g/mol. The zero-order valence-electron chi connectivity index (χ0n) is 15.3. The third-order valence-corrected chi connectivity index (χ3v) is 5.48. The van der Waals surface area contributed by atoms with Gasteiger partial charge in [0.1, 0.15) is 13.2 Å². The van der Waals surface area contributed by atoms with Gasteiger partial charge >= 0.3 is 0 Å². The number of aromatic nitrogens is 2. The highest BCUT2D eigenvalue weighted by Gasteiger charge is 2.29. The first-order valence-electron chi connectivity index (χ1n) is 9.48. The van der Waals surface area contributed by atoms with Gasteiger partial charge in [-0.25, -0.2) is 0 Å². The topological polar surface area (TPSA) is 60.6 Å². The number of rotatable bonds is 4. The Balaban J connectivity index is 1.33. The van der Waals surface area contributed by atoms with Crippen LogP contribution in [0.5, 0.6) is 11.5 Å². The molecule has 0 spiro atoms. The maximum absolute atomic E-state index is 5.95. The van der Waals surface area contributed by atoms with Crippen molar-refractivity contribution in [3.8, 4) is 22.9 Å². The number of hydrogen-bond donors (Lipinski definition) is 0. The number of fused-ring (bicyclic) bond motifs is 1. The van der Waals surface area contributed by atoms with Crippen LogP contribution in [-0.4, -0.2) is 34.8 Å². The van der Waals surface area contributed by atoms with E-state index in [1.54, 1.807) is 0 Å². The minimum absolute atomic E-state index is 0.307. The van der Waals surface area contributed by atoms with E-state index in [2.05, 4.69) is 27.2 Å². The zero-order chi connectivity index (χ0) is 18.9. The van der Waals surface area contributed by atoms with Gasteiger partial charge in [-0.3, -0.25) is 4.90 Å². The van der Waals surface area contributed by atoms with Crippen LogP contribution in [0.2, 0.25) is 5.02 Å². The molecule has 0 bridgehead atoms. The van der Waals surface area contributed by atoms with E-state index >= 15 is 0 Å². The van der Waals surface area contributed by atoms with Crippen LogP contribution < -0.4 is 9.47 Å². The van der Waals surface area contributed by atoms with Crippen molar-refractivity contribution in [1.29, 1.82) is 0 Å². The molecule has 1 aromatic heterocycles. The molecule has 3 aromatic rings. The van der Waals surface area contributed by atoms with Gasteiger partial charge in [0.2, 0.25) is 11.7 Å². The largest absolute Gasteiger partial charge is 0.486 e. The molecule has 1 fully saturated rings. The molecule has 5 rings (SSSR count). The first-order valence-corrected chi connectivity index (χ1v) is 9.86. The molecule has 3 heterocycles. The number of nitrogens with zero attached hydrogens (tertiary/aromatic N) is 3. The number of benzene rings is 2. The van der Waals surface area contributed by atoms with E-state index in [4.69, 9.17) is 25.6 Å². The Morgan fingerprint density at radius 1 is 1.04 bits per heavy atom. The summed E-state index contributed by atoms with van der Waals surface area (Å²) in [5.41, 5.74) is 2.13. The summed E-state index contributed by atoms with van der Waals surface area (Å²) < 4.78 is 16.9. The van der Waals surface area contributed by atoms with Gasteiger partial charge in [0, 0.05) is 16.6 Å². The van der Waals surface area contributed by atoms with Crippen LogP contribution >= 0.6 is 11.6 Å². The second kappa shape index (κ2) is 7.45. The molecule has 0 N–H and O–H groups in total. The second-order valence-electron chi connectivity index (χ2n) is 7.05.